The van der Waals surface area contributed by atoms with Gasteiger partial charge in [0, 0.05) is 5.56 Å². The molecule has 5 nitrogen and oxygen atoms in total. The summed E-state index contributed by atoms with van der Waals surface area (Å²) in [5, 5.41) is 9.40. The second-order valence-corrected chi connectivity index (χ2v) is 7.28. The van der Waals surface area contributed by atoms with Gasteiger partial charge >= 0.3 is 0 Å². The average Bonchev–Trinajstić information content (AvgIpc) is 3.26. The highest BCUT2D eigenvalue weighted by Crippen LogP contribution is 2.27. The van der Waals surface area contributed by atoms with Gasteiger partial charge in [-0.1, -0.05) is 17.8 Å². The fourth-order valence-electron chi connectivity index (χ4n) is 2.15. The van der Waals surface area contributed by atoms with Crippen LogP contribution in [0, 0.1) is 0 Å². The summed E-state index contributed by atoms with van der Waals surface area (Å²) in [6, 6.07) is 11.2. The molecule has 0 spiro atoms. The monoisotopic (exact) mass is 359 g/mol. The number of aromatic nitrogens is 3. The first-order valence-corrected chi connectivity index (χ1v) is 9.33. The van der Waals surface area contributed by atoms with Gasteiger partial charge in [-0.25, -0.2) is 4.98 Å². The van der Waals surface area contributed by atoms with Crippen molar-refractivity contribution in [1.82, 2.24) is 15.2 Å². The topological polar surface area (TPSA) is 67.9 Å². The van der Waals surface area contributed by atoms with Crippen molar-refractivity contribution in [3.63, 3.8) is 0 Å². The summed E-state index contributed by atoms with van der Waals surface area (Å²) in [6.45, 7) is 4.40. The molecule has 2 heterocycles. The molecule has 1 aromatic carbocycles. The van der Waals surface area contributed by atoms with Crippen LogP contribution in [0.3, 0.4) is 0 Å². The molecule has 0 saturated heterocycles. The number of nitrogens with zero attached hydrogens (tertiary/aromatic N) is 2. The standard InChI is InChI=1S/C17H17N3O2S2/c1-3-22-13-8-6-12(7-9-13)15(21)11(2)24-17-18-16(19-20-17)14-5-4-10-23-14/h4-11H,3H2,1-2H3,(H,18,19,20). The Morgan fingerprint density at radius 3 is 2.79 bits per heavy atom. The SMILES string of the molecule is CCOc1ccc(C(=O)C(C)Sc2n[nH]c(-c3cccs3)n2)cc1. The Kier molecular flexibility index (Phi) is 5.32. The summed E-state index contributed by atoms with van der Waals surface area (Å²) >= 11 is 2.94. The summed E-state index contributed by atoms with van der Waals surface area (Å²) in [5.74, 6) is 1.54. The Balaban J connectivity index is 1.65. The third-order valence-electron chi connectivity index (χ3n) is 3.32. The molecule has 0 aliphatic rings. The van der Waals surface area contributed by atoms with Crippen LogP contribution in [0.2, 0.25) is 0 Å². The van der Waals surface area contributed by atoms with Gasteiger partial charge in [0.15, 0.2) is 11.6 Å². The largest absolute Gasteiger partial charge is 0.494 e. The van der Waals surface area contributed by atoms with Gasteiger partial charge in [-0.2, -0.15) is 0 Å². The lowest BCUT2D eigenvalue weighted by atomic mass is 10.1. The average molecular weight is 359 g/mol. The third kappa shape index (κ3) is 3.85. The summed E-state index contributed by atoms with van der Waals surface area (Å²) in [6.07, 6.45) is 0. The van der Waals surface area contributed by atoms with E-state index in [1.54, 1.807) is 23.5 Å². The smallest absolute Gasteiger partial charge is 0.209 e. The van der Waals surface area contributed by atoms with E-state index >= 15 is 0 Å². The minimum absolute atomic E-state index is 0.0468. The molecule has 24 heavy (non-hydrogen) atoms. The molecule has 0 aliphatic carbocycles. The lowest BCUT2D eigenvalue weighted by Gasteiger charge is -2.08. The zero-order valence-corrected chi connectivity index (χ0v) is 15.0. The van der Waals surface area contributed by atoms with E-state index in [0.29, 0.717) is 17.3 Å². The molecule has 0 bridgehead atoms. The minimum Gasteiger partial charge on any atom is -0.494 e. The molecule has 1 atom stereocenters. The molecule has 1 unspecified atom stereocenters. The highest BCUT2D eigenvalue weighted by Gasteiger charge is 2.19. The molecule has 2 aromatic heterocycles. The molecule has 0 amide bonds. The van der Waals surface area contributed by atoms with Crippen LogP contribution in [0.25, 0.3) is 10.7 Å². The van der Waals surface area contributed by atoms with Crippen molar-refractivity contribution in [1.29, 1.82) is 0 Å². The van der Waals surface area contributed by atoms with Crippen LogP contribution < -0.4 is 4.74 Å². The van der Waals surface area contributed by atoms with Crippen LogP contribution in [0.5, 0.6) is 5.75 Å². The lowest BCUT2D eigenvalue weighted by molar-refractivity contribution is 0.0994. The van der Waals surface area contributed by atoms with E-state index in [1.807, 2.05) is 43.5 Å². The molecule has 0 radical (unpaired) electrons. The fourth-order valence-corrected chi connectivity index (χ4v) is 3.62. The number of carbonyl (C=O) groups excluding carboxylic acids is 1. The van der Waals surface area contributed by atoms with Gasteiger partial charge in [-0.15, -0.1) is 16.4 Å². The Morgan fingerprint density at radius 2 is 2.12 bits per heavy atom. The number of ketones is 1. The molecule has 7 heteroatoms. The summed E-state index contributed by atoms with van der Waals surface area (Å²) in [4.78, 5) is 18.0. The number of ether oxygens (including phenoxy) is 1. The number of rotatable bonds is 7. The maximum absolute atomic E-state index is 12.5. The maximum Gasteiger partial charge on any atom is 0.209 e. The van der Waals surface area contributed by atoms with Crippen molar-refractivity contribution < 1.29 is 9.53 Å². The van der Waals surface area contributed by atoms with Gasteiger partial charge in [-0.05, 0) is 49.6 Å². The number of benzene rings is 1. The van der Waals surface area contributed by atoms with Gasteiger partial charge in [-0.3, -0.25) is 9.89 Å². The number of aromatic amines is 1. The summed E-state index contributed by atoms with van der Waals surface area (Å²) in [5.41, 5.74) is 0.660. The van der Waals surface area contributed by atoms with E-state index in [0.717, 1.165) is 16.5 Å². The number of Topliss-reactive ketones (excluding diaryl/α,β-unsaturated/α-hetero) is 1. The molecular weight excluding hydrogens is 342 g/mol. The Bertz CT molecular complexity index is 798. The predicted octanol–water partition coefficient (Wildman–Crippen LogP) is 4.30. The number of hydrogen-bond donors (Lipinski definition) is 1. The molecule has 124 valence electrons. The zero-order chi connectivity index (χ0) is 16.9. The first-order valence-electron chi connectivity index (χ1n) is 7.57. The van der Waals surface area contributed by atoms with Crippen LogP contribution in [-0.2, 0) is 0 Å². The van der Waals surface area contributed by atoms with Crippen molar-refractivity contribution in [2.45, 2.75) is 24.3 Å². The molecular formula is C17H17N3O2S2. The normalized spacial score (nSPS) is 12.1. The van der Waals surface area contributed by atoms with Gasteiger partial charge in [0.25, 0.3) is 0 Å². The number of carbonyl (C=O) groups is 1. The van der Waals surface area contributed by atoms with E-state index in [4.69, 9.17) is 4.74 Å². The molecule has 3 rings (SSSR count). The molecule has 0 saturated carbocycles. The maximum atomic E-state index is 12.5. The second-order valence-electron chi connectivity index (χ2n) is 5.03. The number of H-pyrrole nitrogens is 1. The molecule has 0 fully saturated rings. The van der Waals surface area contributed by atoms with Crippen LogP contribution in [0.15, 0.2) is 46.9 Å². The van der Waals surface area contributed by atoms with Crippen molar-refractivity contribution >= 4 is 28.9 Å². The summed E-state index contributed by atoms with van der Waals surface area (Å²) in [7, 11) is 0. The van der Waals surface area contributed by atoms with Crippen molar-refractivity contribution in [3.8, 4) is 16.5 Å². The van der Waals surface area contributed by atoms with Gasteiger partial charge in [0.1, 0.15) is 5.75 Å². The molecule has 1 N–H and O–H groups in total. The summed E-state index contributed by atoms with van der Waals surface area (Å²) < 4.78 is 5.40. The van der Waals surface area contributed by atoms with Crippen LogP contribution in [-0.4, -0.2) is 32.8 Å². The predicted molar refractivity (Wildman–Crippen MR) is 97.0 cm³/mol. The highest BCUT2D eigenvalue weighted by atomic mass is 32.2. The van der Waals surface area contributed by atoms with Gasteiger partial charge in [0.05, 0.1) is 16.7 Å². The quantitative estimate of drug-likeness (QED) is 0.503. The van der Waals surface area contributed by atoms with E-state index in [1.165, 1.54) is 11.8 Å². The fraction of sp³-hybridized carbons (Fsp3) is 0.235. The number of nitrogens with one attached hydrogen (secondary N) is 1. The van der Waals surface area contributed by atoms with E-state index in [-0.39, 0.29) is 11.0 Å². The lowest BCUT2D eigenvalue weighted by Crippen LogP contribution is -2.13. The Labute approximate surface area is 148 Å². The van der Waals surface area contributed by atoms with Crippen LogP contribution >= 0.6 is 23.1 Å². The zero-order valence-electron chi connectivity index (χ0n) is 13.4. The second kappa shape index (κ2) is 7.63. The number of hydrogen-bond acceptors (Lipinski definition) is 6. The minimum atomic E-state index is -0.269. The van der Waals surface area contributed by atoms with Crippen molar-refractivity contribution in [2.24, 2.45) is 0 Å². The van der Waals surface area contributed by atoms with E-state index < -0.39 is 0 Å². The molecule has 3 aromatic rings. The number of thioether (sulfide) groups is 1. The van der Waals surface area contributed by atoms with E-state index in [2.05, 4.69) is 15.2 Å². The Hall–Kier alpha value is -2.12. The van der Waals surface area contributed by atoms with Gasteiger partial charge in [0.2, 0.25) is 5.16 Å². The highest BCUT2D eigenvalue weighted by molar-refractivity contribution is 8.00. The van der Waals surface area contributed by atoms with E-state index in [9.17, 15) is 4.79 Å². The van der Waals surface area contributed by atoms with Crippen LogP contribution in [0.1, 0.15) is 24.2 Å². The first kappa shape index (κ1) is 16.7. The van der Waals surface area contributed by atoms with Gasteiger partial charge < -0.3 is 4.74 Å². The third-order valence-corrected chi connectivity index (χ3v) is 5.16. The van der Waals surface area contributed by atoms with Crippen molar-refractivity contribution in [3.05, 3.63) is 47.3 Å². The molecule has 0 aliphatic heterocycles. The van der Waals surface area contributed by atoms with Crippen molar-refractivity contribution in [2.75, 3.05) is 6.61 Å². The number of thiophene rings is 1. The Morgan fingerprint density at radius 1 is 1.33 bits per heavy atom. The van der Waals surface area contributed by atoms with Crippen LogP contribution in [0.4, 0.5) is 0 Å². The first-order chi connectivity index (χ1) is 11.7.